The van der Waals surface area contributed by atoms with Gasteiger partial charge in [0.05, 0.1) is 15.8 Å². The first-order chi connectivity index (χ1) is 16.4. The van der Waals surface area contributed by atoms with Crippen LogP contribution in [0.4, 0.5) is 5.69 Å². The molecule has 0 N–H and O–H groups in total. The number of halogens is 2. The van der Waals surface area contributed by atoms with Gasteiger partial charge < -0.3 is 4.74 Å². The number of ether oxygens (including phenoxy) is 1. The van der Waals surface area contributed by atoms with Crippen molar-refractivity contribution in [2.75, 3.05) is 0 Å². The summed E-state index contributed by atoms with van der Waals surface area (Å²) in [5, 5.41) is 12.2. The van der Waals surface area contributed by atoms with Crippen molar-refractivity contribution in [2.45, 2.75) is 0 Å². The molecule has 0 aliphatic carbocycles. The number of ketones is 1. The standard InChI is InChI=1S/C25H15Cl2N3O4/c26-18-8-12-22-20(14-18)25(29-15-28-22)34-24-4-2-1-3-17(24)7-10-19(31)9-5-16-6-11-21(27)23(13-16)30(32)33/h1-15H/b9-5+,10-7+. The lowest BCUT2D eigenvalue weighted by Gasteiger charge is -2.10. The number of carbonyl (C=O) groups is 1. The van der Waals surface area contributed by atoms with Crippen LogP contribution < -0.4 is 4.74 Å². The molecule has 0 aliphatic heterocycles. The third-order valence-corrected chi connectivity index (χ3v) is 5.28. The zero-order valence-electron chi connectivity index (χ0n) is 17.4. The molecule has 0 aliphatic rings. The lowest BCUT2D eigenvalue weighted by Crippen LogP contribution is -1.93. The molecule has 168 valence electrons. The van der Waals surface area contributed by atoms with E-state index in [1.807, 2.05) is 6.07 Å². The van der Waals surface area contributed by atoms with Gasteiger partial charge in [-0.3, -0.25) is 14.9 Å². The monoisotopic (exact) mass is 491 g/mol. The van der Waals surface area contributed by atoms with Gasteiger partial charge in [-0.05, 0) is 54.1 Å². The molecule has 4 rings (SSSR count). The first kappa shape index (κ1) is 23.1. The van der Waals surface area contributed by atoms with Crippen LogP contribution in [-0.4, -0.2) is 20.7 Å². The minimum atomic E-state index is -0.576. The fourth-order valence-electron chi connectivity index (χ4n) is 3.08. The maximum absolute atomic E-state index is 12.3. The van der Waals surface area contributed by atoms with Crippen LogP contribution >= 0.6 is 23.2 Å². The molecule has 0 saturated heterocycles. The zero-order valence-corrected chi connectivity index (χ0v) is 18.9. The second kappa shape index (κ2) is 10.2. The molecule has 0 spiro atoms. The Balaban J connectivity index is 1.54. The second-order valence-corrected chi connectivity index (χ2v) is 7.86. The molecule has 0 unspecified atom stereocenters. The Kier molecular flexibility index (Phi) is 6.96. The van der Waals surface area contributed by atoms with Gasteiger partial charge in [0, 0.05) is 16.7 Å². The van der Waals surface area contributed by atoms with Crippen molar-refractivity contribution in [3.05, 3.63) is 110 Å². The normalized spacial score (nSPS) is 11.4. The van der Waals surface area contributed by atoms with Gasteiger partial charge in [-0.1, -0.05) is 53.5 Å². The number of hydrogen-bond acceptors (Lipinski definition) is 6. The number of fused-ring (bicyclic) bond motifs is 1. The van der Waals surface area contributed by atoms with Crippen molar-refractivity contribution >= 4 is 57.7 Å². The van der Waals surface area contributed by atoms with Gasteiger partial charge in [0.2, 0.25) is 5.88 Å². The number of benzene rings is 3. The lowest BCUT2D eigenvalue weighted by molar-refractivity contribution is -0.384. The highest BCUT2D eigenvalue weighted by Gasteiger charge is 2.12. The van der Waals surface area contributed by atoms with Crippen LogP contribution in [0.5, 0.6) is 11.6 Å². The molecule has 0 atom stereocenters. The maximum atomic E-state index is 12.3. The van der Waals surface area contributed by atoms with Gasteiger partial charge >= 0.3 is 0 Å². The molecular formula is C25H15Cl2N3O4. The maximum Gasteiger partial charge on any atom is 0.288 e. The minimum Gasteiger partial charge on any atom is -0.438 e. The number of nitro benzene ring substituents is 1. The smallest absolute Gasteiger partial charge is 0.288 e. The Morgan fingerprint density at radius 1 is 0.971 bits per heavy atom. The van der Waals surface area contributed by atoms with E-state index in [2.05, 4.69) is 9.97 Å². The Bertz CT molecular complexity index is 1470. The molecule has 9 heteroatoms. The highest BCUT2D eigenvalue weighted by atomic mass is 35.5. The number of allylic oxidation sites excluding steroid dienone is 2. The SMILES string of the molecule is O=C(/C=C/c1ccc(Cl)c([N+](=O)[O-])c1)/C=C/c1ccccc1Oc1ncnc2ccc(Cl)cc12. The van der Waals surface area contributed by atoms with E-state index in [1.165, 1.54) is 36.7 Å². The Hall–Kier alpha value is -4.07. The summed E-state index contributed by atoms with van der Waals surface area (Å²) in [5.41, 5.74) is 1.60. The van der Waals surface area contributed by atoms with Gasteiger partial charge in [0.15, 0.2) is 5.78 Å². The third-order valence-electron chi connectivity index (χ3n) is 4.72. The number of para-hydroxylation sites is 1. The molecule has 0 fully saturated rings. The number of nitrogens with zero attached hydrogens (tertiary/aromatic N) is 3. The first-order valence-electron chi connectivity index (χ1n) is 9.92. The van der Waals surface area contributed by atoms with E-state index in [1.54, 1.807) is 48.5 Å². The van der Waals surface area contributed by atoms with Crippen LogP contribution in [0.2, 0.25) is 10.0 Å². The van der Waals surface area contributed by atoms with Crippen molar-refractivity contribution in [3.63, 3.8) is 0 Å². The topological polar surface area (TPSA) is 95.2 Å². The number of rotatable bonds is 7. The molecule has 7 nitrogen and oxygen atoms in total. The van der Waals surface area contributed by atoms with Crippen LogP contribution in [-0.2, 0) is 4.79 Å². The van der Waals surface area contributed by atoms with Crippen LogP contribution in [0.1, 0.15) is 11.1 Å². The van der Waals surface area contributed by atoms with Gasteiger partial charge in [-0.2, -0.15) is 0 Å². The quantitative estimate of drug-likeness (QED) is 0.158. The van der Waals surface area contributed by atoms with Crippen LogP contribution in [0.3, 0.4) is 0 Å². The summed E-state index contributed by atoms with van der Waals surface area (Å²) in [6.07, 6.45) is 7.18. The van der Waals surface area contributed by atoms with E-state index >= 15 is 0 Å². The van der Waals surface area contributed by atoms with E-state index in [0.29, 0.717) is 38.7 Å². The van der Waals surface area contributed by atoms with Crippen LogP contribution in [0, 0.1) is 10.1 Å². The fraction of sp³-hybridized carbons (Fsp3) is 0. The second-order valence-electron chi connectivity index (χ2n) is 7.02. The molecule has 3 aromatic carbocycles. The third kappa shape index (κ3) is 5.46. The molecule has 34 heavy (non-hydrogen) atoms. The Morgan fingerprint density at radius 3 is 2.59 bits per heavy atom. The van der Waals surface area contributed by atoms with E-state index in [4.69, 9.17) is 27.9 Å². The summed E-state index contributed by atoms with van der Waals surface area (Å²) < 4.78 is 6.02. The molecule has 0 radical (unpaired) electrons. The van der Waals surface area contributed by atoms with Gasteiger partial charge in [-0.15, -0.1) is 0 Å². The molecular weight excluding hydrogens is 477 g/mol. The number of carbonyl (C=O) groups excluding carboxylic acids is 1. The van der Waals surface area contributed by atoms with Crippen LogP contribution in [0.15, 0.2) is 79.1 Å². The van der Waals surface area contributed by atoms with Gasteiger partial charge in [-0.25, -0.2) is 9.97 Å². The van der Waals surface area contributed by atoms with Crippen molar-refractivity contribution < 1.29 is 14.5 Å². The molecule has 0 saturated carbocycles. The van der Waals surface area contributed by atoms with Crippen molar-refractivity contribution in [3.8, 4) is 11.6 Å². The summed E-state index contributed by atoms with van der Waals surface area (Å²) >= 11 is 11.9. The van der Waals surface area contributed by atoms with E-state index in [0.717, 1.165) is 0 Å². The predicted molar refractivity (Wildman–Crippen MR) is 132 cm³/mol. The molecule has 4 aromatic rings. The van der Waals surface area contributed by atoms with Gasteiger partial charge in [0.1, 0.15) is 17.1 Å². The zero-order chi connectivity index (χ0) is 24.1. The summed E-state index contributed by atoms with van der Waals surface area (Å²) in [6.45, 7) is 0. The summed E-state index contributed by atoms with van der Waals surface area (Å²) in [5.74, 6) is 0.513. The van der Waals surface area contributed by atoms with Crippen molar-refractivity contribution in [1.82, 2.24) is 9.97 Å². The number of aromatic nitrogens is 2. The van der Waals surface area contributed by atoms with Crippen LogP contribution in [0.25, 0.3) is 23.1 Å². The molecule has 0 amide bonds. The van der Waals surface area contributed by atoms with Crippen molar-refractivity contribution in [1.29, 1.82) is 0 Å². The van der Waals surface area contributed by atoms with Gasteiger partial charge in [0.25, 0.3) is 5.69 Å². The van der Waals surface area contributed by atoms with E-state index in [-0.39, 0.29) is 16.5 Å². The molecule has 1 aromatic heterocycles. The highest BCUT2D eigenvalue weighted by Crippen LogP contribution is 2.31. The first-order valence-corrected chi connectivity index (χ1v) is 10.7. The summed E-state index contributed by atoms with van der Waals surface area (Å²) in [4.78, 5) is 31.2. The summed E-state index contributed by atoms with van der Waals surface area (Å²) in [7, 11) is 0. The lowest BCUT2D eigenvalue weighted by atomic mass is 10.1. The highest BCUT2D eigenvalue weighted by molar-refractivity contribution is 6.32. The van der Waals surface area contributed by atoms with E-state index < -0.39 is 4.92 Å². The van der Waals surface area contributed by atoms with Crippen molar-refractivity contribution in [2.24, 2.45) is 0 Å². The predicted octanol–water partition coefficient (Wildman–Crippen LogP) is 6.93. The number of nitro groups is 1. The Labute approximate surface area is 204 Å². The molecule has 0 bridgehead atoms. The van der Waals surface area contributed by atoms with E-state index in [9.17, 15) is 14.9 Å². The largest absolute Gasteiger partial charge is 0.438 e. The molecule has 1 heterocycles. The fourth-order valence-corrected chi connectivity index (χ4v) is 3.44. The Morgan fingerprint density at radius 2 is 1.76 bits per heavy atom. The summed E-state index contributed by atoms with van der Waals surface area (Å²) in [6, 6.07) is 16.7. The average Bonchev–Trinajstić information content (AvgIpc) is 2.83. The number of hydrogen-bond donors (Lipinski definition) is 0. The minimum absolute atomic E-state index is 0.0312. The average molecular weight is 492 g/mol.